The lowest BCUT2D eigenvalue weighted by atomic mass is 9.95. The van der Waals surface area contributed by atoms with E-state index in [2.05, 4.69) is 12.2 Å². The van der Waals surface area contributed by atoms with Crippen molar-refractivity contribution in [3.05, 3.63) is 12.2 Å². The summed E-state index contributed by atoms with van der Waals surface area (Å²) in [5.41, 5.74) is 5.47. The molecule has 0 spiro atoms. The zero-order valence-corrected chi connectivity index (χ0v) is 5.14. The second-order valence-corrected chi connectivity index (χ2v) is 2.39. The molecule has 1 aliphatic carbocycles. The van der Waals surface area contributed by atoms with Gasteiger partial charge in [0.25, 0.3) is 0 Å². The maximum atomic E-state index is 5.47. The third kappa shape index (κ3) is 1.34. The summed E-state index contributed by atoms with van der Waals surface area (Å²) in [7, 11) is 0. The number of hydrogen-bond donors (Lipinski definition) is 1. The SMILES string of the molecule is NCC1CC=CCC1. The summed E-state index contributed by atoms with van der Waals surface area (Å²) in [6.45, 7) is 0.865. The number of hydrogen-bond acceptors (Lipinski definition) is 1. The normalized spacial score (nSPS) is 28.4. The molecule has 0 aromatic heterocycles. The first-order valence-corrected chi connectivity index (χ1v) is 3.28. The zero-order chi connectivity index (χ0) is 5.82. The minimum Gasteiger partial charge on any atom is -0.330 e. The molecule has 1 unspecified atom stereocenters. The number of nitrogens with two attached hydrogens (primary N) is 1. The molecule has 0 amide bonds. The molecule has 1 nitrogen and oxygen atoms in total. The molecule has 0 saturated carbocycles. The smallest absolute Gasteiger partial charge is 0.00458 e. The summed E-state index contributed by atoms with van der Waals surface area (Å²) in [6.07, 6.45) is 8.22. The van der Waals surface area contributed by atoms with Gasteiger partial charge < -0.3 is 5.73 Å². The number of rotatable bonds is 1. The van der Waals surface area contributed by atoms with Crippen molar-refractivity contribution in [2.75, 3.05) is 6.54 Å². The van der Waals surface area contributed by atoms with Crippen LogP contribution in [0.2, 0.25) is 0 Å². The topological polar surface area (TPSA) is 26.0 Å². The first kappa shape index (κ1) is 5.83. The summed E-state index contributed by atoms with van der Waals surface area (Å²) >= 11 is 0. The van der Waals surface area contributed by atoms with E-state index in [-0.39, 0.29) is 0 Å². The first-order chi connectivity index (χ1) is 3.93. The lowest BCUT2D eigenvalue weighted by Crippen LogP contribution is -2.14. The maximum Gasteiger partial charge on any atom is -0.00458 e. The van der Waals surface area contributed by atoms with Crippen LogP contribution in [0.4, 0.5) is 0 Å². The molecule has 0 bridgehead atoms. The zero-order valence-electron chi connectivity index (χ0n) is 5.14. The predicted octanol–water partition coefficient (Wildman–Crippen LogP) is 1.30. The second-order valence-electron chi connectivity index (χ2n) is 2.39. The van der Waals surface area contributed by atoms with Crippen LogP contribution >= 0.6 is 0 Å². The van der Waals surface area contributed by atoms with Crippen molar-refractivity contribution in [1.29, 1.82) is 0 Å². The van der Waals surface area contributed by atoms with Crippen LogP contribution in [0.25, 0.3) is 0 Å². The molecule has 0 fully saturated rings. The Hall–Kier alpha value is -0.300. The van der Waals surface area contributed by atoms with Gasteiger partial charge in [0.1, 0.15) is 0 Å². The van der Waals surface area contributed by atoms with Crippen molar-refractivity contribution < 1.29 is 0 Å². The van der Waals surface area contributed by atoms with Gasteiger partial charge in [-0.25, -0.2) is 0 Å². The van der Waals surface area contributed by atoms with Crippen LogP contribution in [-0.2, 0) is 0 Å². The fourth-order valence-corrected chi connectivity index (χ4v) is 1.07. The Bertz CT molecular complexity index is 86.4. The van der Waals surface area contributed by atoms with Gasteiger partial charge in [-0.2, -0.15) is 0 Å². The predicted molar refractivity (Wildman–Crippen MR) is 35.5 cm³/mol. The molecule has 0 heterocycles. The molecule has 0 aliphatic heterocycles. The molecule has 8 heavy (non-hydrogen) atoms. The fourth-order valence-electron chi connectivity index (χ4n) is 1.07. The molecule has 0 aromatic carbocycles. The Morgan fingerprint density at radius 1 is 1.50 bits per heavy atom. The summed E-state index contributed by atoms with van der Waals surface area (Å²) in [5.74, 6) is 0.778. The monoisotopic (exact) mass is 111 g/mol. The van der Waals surface area contributed by atoms with E-state index in [4.69, 9.17) is 5.73 Å². The Labute approximate surface area is 50.6 Å². The van der Waals surface area contributed by atoms with Gasteiger partial charge in [-0.3, -0.25) is 0 Å². The van der Waals surface area contributed by atoms with E-state index in [1.165, 1.54) is 19.3 Å². The minimum atomic E-state index is 0.778. The summed E-state index contributed by atoms with van der Waals surface area (Å²) in [4.78, 5) is 0. The van der Waals surface area contributed by atoms with E-state index < -0.39 is 0 Å². The van der Waals surface area contributed by atoms with Crippen LogP contribution in [-0.4, -0.2) is 6.54 Å². The lowest BCUT2D eigenvalue weighted by Gasteiger charge is -2.13. The van der Waals surface area contributed by atoms with Gasteiger partial charge in [0.2, 0.25) is 0 Å². The van der Waals surface area contributed by atoms with Crippen molar-refractivity contribution in [2.24, 2.45) is 11.7 Å². The van der Waals surface area contributed by atoms with Gasteiger partial charge in [-0.05, 0) is 31.7 Å². The molecular weight excluding hydrogens is 98.1 g/mol. The van der Waals surface area contributed by atoms with Gasteiger partial charge in [0.15, 0.2) is 0 Å². The second kappa shape index (κ2) is 2.88. The Balaban J connectivity index is 2.27. The fraction of sp³-hybridized carbons (Fsp3) is 0.714. The summed E-state index contributed by atoms with van der Waals surface area (Å²) in [6, 6.07) is 0. The lowest BCUT2D eigenvalue weighted by molar-refractivity contribution is 0.491. The van der Waals surface area contributed by atoms with Crippen LogP contribution < -0.4 is 5.73 Å². The van der Waals surface area contributed by atoms with E-state index in [9.17, 15) is 0 Å². The van der Waals surface area contributed by atoms with Crippen LogP contribution in [0.3, 0.4) is 0 Å². The van der Waals surface area contributed by atoms with Gasteiger partial charge in [-0.15, -0.1) is 0 Å². The average Bonchev–Trinajstić information content (AvgIpc) is 1.90. The van der Waals surface area contributed by atoms with Crippen molar-refractivity contribution in [3.63, 3.8) is 0 Å². The van der Waals surface area contributed by atoms with Crippen LogP contribution in [0.15, 0.2) is 12.2 Å². The molecule has 46 valence electrons. The van der Waals surface area contributed by atoms with Gasteiger partial charge in [0, 0.05) is 0 Å². The standard InChI is InChI=1S/C7H13N/c8-6-7-4-2-1-3-5-7/h1-2,7H,3-6,8H2. The van der Waals surface area contributed by atoms with Crippen LogP contribution in [0.1, 0.15) is 19.3 Å². The van der Waals surface area contributed by atoms with Crippen molar-refractivity contribution in [3.8, 4) is 0 Å². The summed E-state index contributed by atoms with van der Waals surface area (Å²) in [5, 5.41) is 0. The Morgan fingerprint density at radius 2 is 2.38 bits per heavy atom. The first-order valence-electron chi connectivity index (χ1n) is 3.28. The highest BCUT2D eigenvalue weighted by molar-refractivity contribution is 4.89. The third-order valence-corrected chi connectivity index (χ3v) is 1.71. The van der Waals surface area contributed by atoms with Gasteiger partial charge in [0.05, 0.1) is 0 Å². The summed E-state index contributed by atoms with van der Waals surface area (Å²) < 4.78 is 0. The molecule has 1 rings (SSSR count). The van der Waals surface area contributed by atoms with Gasteiger partial charge >= 0.3 is 0 Å². The van der Waals surface area contributed by atoms with Gasteiger partial charge in [-0.1, -0.05) is 12.2 Å². The highest BCUT2D eigenvalue weighted by Gasteiger charge is 2.05. The van der Waals surface area contributed by atoms with Crippen LogP contribution in [0.5, 0.6) is 0 Å². The number of allylic oxidation sites excluding steroid dienone is 2. The van der Waals surface area contributed by atoms with E-state index in [1.54, 1.807) is 0 Å². The Kier molecular flexibility index (Phi) is 2.10. The largest absolute Gasteiger partial charge is 0.330 e. The quantitative estimate of drug-likeness (QED) is 0.507. The van der Waals surface area contributed by atoms with E-state index in [0.717, 1.165) is 12.5 Å². The molecule has 2 N–H and O–H groups in total. The molecule has 0 radical (unpaired) electrons. The van der Waals surface area contributed by atoms with Crippen molar-refractivity contribution in [2.45, 2.75) is 19.3 Å². The minimum absolute atomic E-state index is 0.778. The van der Waals surface area contributed by atoms with E-state index >= 15 is 0 Å². The van der Waals surface area contributed by atoms with Crippen molar-refractivity contribution >= 4 is 0 Å². The van der Waals surface area contributed by atoms with Crippen LogP contribution in [0, 0.1) is 5.92 Å². The molecule has 1 heteroatoms. The average molecular weight is 111 g/mol. The molecule has 1 aliphatic rings. The molecular formula is C7H13N. The van der Waals surface area contributed by atoms with E-state index in [1.807, 2.05) is 0 Å². The molecule has 0 aromatic rings. The Morgan fingerprint density at radius 3 is 2.75 bits per heavy atom. The molecule has 1 atom stereocenters. The van der Waals surface area contributed by atoms with Crippen molar-refractivity contribution in [1.82, 2.24) is 0 Å². The highest BCUT2D eigenvalue weighted by Crippen LogP contribution is 2.15. The highest BCUT2D eigenvalue weighted by atomic mass is 14.5. The maximum absolute atomic E-state index is 5.47. The van der Waals surface area contributed by atoms with E-state index in [0.29, 0.717) is 0 Å². The molecule has 0 saturated heterocycles. The third-order valence-electron chi connectivity index (χ3n) is 1.71.